The number of carbonyl (C=O) groups excluding carboxylic acids is 1. The number of rotatable bonds is 4. The molecule has 0 unspecified atom stereocenters. The number of amides is 1. The first kappa shape index (κ1) is 15.4. The van der Waals surface area contributed by atoms with Gasteiger partial charge in [-0.3, -0.25) is 14.9 Å². The third-order valence-corrected chi connectivity index (χ3v) is 4.24. The lowest BCUT2D eigenvalue weighted by Crippen LogP contribution is -2.17. The summed E-state index contributed by atoms with van der Waals surface area (Å²) in [6.07, 6.45) is 1.40. The number of nitro benzene ring substituents is 1. The molecule has 0 saturated carbocycles. The molecule has 1 heterocycles. The zero-order valence-electron chi connectivity index (χ0n) is 10.3. The fourth-order valence-electron chi connectivity index (χ4n) is 1.43. The molecule has 1 amide bonds. The van der Waals surface area contributed by atoms with E-state index in [2.05, 4.69) is 47.4 Å². The number of carbonyl (C=O) groups is 1. The van der Waals surface area contributed by atoms with Crippen molar-refractivity contribution in [2.45, 2.75) is 0 Å². The smallest absolute Gasteiger partial charge is 0.287 e. The lowest BCUT2D eigenvalue weighted by Gasteiger charge is -1.96. The Labute approximate surface area is 135 Å². The zero-order valence-corrected chi connectivity index (χ0v) is 13.5. The van der Waals surface area contributed by atoms with Gasteiger partial charge in [0, 0.05) is 12.1 Å². The molecule has 7 nitrogen and oxygen atoms in total. The van der Waals surface area contributed by atoms with Gasteiger partial charge in [0.15, 0.2) is 0 Å². The predicted molar refractivity (Wildman–Crippen MR) is 84.3 cm³/mol. The van der Waals surface area contributed by atoms with Crippen LogP contribution in [0.3, 0.4) is 0 Å². The third kappa shape index (κ3) is 3.99. The molecule has 108 valence electrons. The summed E-state index contributed by atoms with van der Waals surface area (Å²) in [5, 5.41) is 14.3. The van der Waals surface area contributed by atoms with E-state index in [9.17, 15) is 14.9 Å². The van der Waals surface area contributed by atoms with Crippen molar-refractivity contribution in [3.05, 3.63) is 60.8 Å². The SMILES string of the molecule is O=C(N/N=C/c1ccc([N+](=O)[O-])cc1)c1cc(Br)c(Br)[nH]1. The van der Waals surface area contributed by atoms with Crippen LogP contribution < -0.4 is 5.43 Å². The zero-order chi connectivity index (χ0) is 15.4. The van der Waals surface area contributed by atoms with Gasteiger partial charge in [0.05, 0.1) is 20.2 Å². The number of non-ortho nitro benzene ring substituents is 1. The van der Waals surface area contributed by atoms with Crippen LogP contribution in [-0.4, -0.2) is 22.0 Å². The van der Waals surface area contributed by atoms with Crippen LogP contribution in [0.4, 0.5) is 5.69 Å². The third-order valence-electron chi connectivity index (χ3n) is 2.45. The molecular formula is C12H8Br2N4O3. The quantitative estimate of drug-likeness (QED) is 0.455. The molecule has 21 heavy (non-hydrogen) atoms. The maximum absolute atomic E-state index is 11.8. The van der Waals surface area contributed by atoms with Crippen LogP contribution in [0.1, 0.15) is 16.1 Å². The highest BCUT2D eigenvalue weighted by molar-refractivity contribution is 9.13. The molecule has 0 aliphatic heterocycles. The first-order valence-electron chi connectivity index (χ1n) is 5.59. The molecule has 9 heteroatoms. The van der Waals surface area contributed by atoms with Gasteiger partial charge in [-0.1, -0.05) is 0 Å². The van der Waals surface area contributed by atoms with Gasteiger partial charge in [0.1, 0.15) is 5.69 Å². The summed E-state index contributed by atoms with van der Waals surface area (Å²) in [5.41, 5.74) is 3.32. The summed E-state index contributed by atoms with van der Waals surface area (Å²) < 4.78 is 1.39. The number of hydrogen-bond acceptors (Lipinski definition) is 4. The molecule has 2 rings (SSSR count). The highest BCUT2D eigenvalue weighted by atomic mass is 79.9. The first-order chi connectivity index (χ1) is 9.97. The van der Waals surface area contributed by atoms with E-state index in [1.54, 1.807) is 6.07 Å². The lowest BCUT2D eigenvalue weighted by atomic mass is 10.2. The molecular weight excluding hydrogens is 408 g/mol. The molecule has 0 aliphatic carbocycles. The van der Waals surface area contributed by atoms with Crippen molar-refractivity contribution in [1.82, 2.24) is 10.4 Å². The van der Waals surface area contributed by atoms with Gasteiger partial charge in [-0.15, -0.1) is 0 Å². The Morgan fingerprint density at radius 2 is 2.00 bits per heavy atom. The maximum atomic E-state index is 11.8. The van der Waals surface area contributed by atoms with E-state index in [1.807, 2.05) is 0 Å². The molecule has 0 radical (unpaired) electrons. The van der Waals surface area contributed by atoms with Crippen LogP contribution in [0.5, 0.6) is 0 Å². The summed E-state index contributed by atoms with van der Waals surface area (Å²) in [5.74, 6) is -0.403. The number of aromatic amines is 1. The van der Waals surface area contributed by atoms with Crippen LogP contribution >= 0.6 is 31.9 Å². The summed E-state index contributed by atoms with van der Waals surface area (Å²) in [4.78, 5) is 24.6. The summed E-state index contributed by atoms with van der Waals surface area (Å²) in [6, 6.07) is 7.41. The van der Waals surface area contributed by atoms with Crippen LogP contribution in [0.2, 0.25) is 0 Å². The minimum atomic E-state index is -0.482. The molecule has 2 N–H and O–H groups in total. The van der Waals surface area contributed by atoms with Gasteiger partial charge in [-0.2, -0.15) is 5.10 Å². The van der Waals surface area contributed by atoms with Crippen molar-refractivity contribution in [2.75, 3.05) is 0 Å². The number of aromatic nitrogens is 1. The van der Waals surface area contributed by atoms with Crippen LogP contribution in [0.15, 0.2) is 44.5 Å². The van der Waals surface area contributed by atoms with E-state index in [-0.39, 0.29) is 5.69 Å². The second kappa shape index (κ2) is 6.64. The Morgan fingerprint density at radius 1 is 1.33 bits per heavy atom. The van der Waals surface area contributed by atoms with E-state index >= 15 is 0 Å². The molecule has 2 aromatic rings. The number of nitrogens with zero attached hydrogens (tertiary/aromatic N) is 2. The number of benzene rings is 1. The van der Waals surface area contributed by atoms with E-state index in [4.69, 9.17) is 0 Å². The highest BCUT2D eigenvalue weighted by Crippen LogP contribution is 2.22. The maximum Gasteiger partial charge on any atom is 0.287 e. The molecule has 0 spiro atoms. The van der Waals surface area contributed by atoms with Crippen molar-refractivity contribution >= 4 is 49.7 Å². The first-order valence-corrected chi connectivity index (χ1v) is 7.18. The largest absolute Gasteiger partial charge is 0.344 e. The van der Waals surface area contributed by atoms with Crippen LogP contribution in [-0.2, 0) is 0 Å². The molecule has 0 fully saturated rings. The Hall–Kier alpha value is -2.00. The molecule has 1 aromatic carbocycles. The fourth-order valence-corrected chi connectivity index (χ4v) is 2.09. The molecule has 1 aromatic heterocycles. The van der Waals surface area contributed by atoms with E-state index < -0.39 is 10.8 Å². The highest BCUT2D eigenvalue weighted by Gasteiger charge is 2.10. The standard InChI is InChI=1S/C12H8Br2N4O3/c13-9-5-10(16-11(9)14)12(19)17-15-6-7-1-3-8(4-2-7)18(20)21/h1-6,16H,(H,17,19)/b15-6+. The number of nitro groups is 1. The number of hydrazone groups is 1. The molecule has 0 saturated heterocycles. The summed E-state index contributed by atoms with van der Waals surface area (Å²) >= 11 is 6.49. The van der Waals surface area contributed by atoms with E-state index in [1.165, 1.54) is 30.5 Å². The Morgan fingerprint density at radius 3 is 2.52 bits per heavy atom. The summed E-state index contributed by atoms with van der Waals surface area (Å²) in [7, 11) is 0. The Bertz CT molecular complexity index is 690. The topological polar surface area (TPSA) is 100 Å². The Kier molecular flexibility index (Phi) is 4.86. The monoisotopic (exact) mass is 414 g/mol. The molecule has 0 atom stereocenters. The van der Waals surface area contributed by atoms with Crippen molar-refractivity contribution in [2.24, 2.45) is 5.10 Å². The normalized spacial score (nSPS) is 10.8. The second-order valence-corrected chi connectivity index (χ2v) is 5.54. The molecule has 0 aliphatic rings. The van der Waals surface area contributed by atoms with Gasteiger partial charge >= 0.3 is 0 Å². The van der Waals surface area contributed by atoms with Gasteiger partial charge in [-0.05, 0) is 55.6 Å². The van der Waals surface area contributed by atoms with E-state index in [0.717, 1.165) is 4.47 Å². The van der Waals surface area contributed by atoms with Gasteiger partial charge < -0.3 is 4.98 Å². The predicted octanol–water partition coefficient (Wildman–Crippen LogP) is 3.21. The lowest BCUT2D eigenvalue weighted by molar-refractivity contribution is -0.384. The minimum Gasteiger partial charge on any atom is -0.344 e. The van der Waals surface area contributed by atoms with Crippen molar-refractivity contribution in [3.8, 4) is 0 Å². The fraction of sp³-hybridized carbons (Fsp3) is 0. The van der Waals surface area contributed by atoms with E-state index in [0.29, 0.717) is 15.9 Å². The van der Waals surface area contributed by atoms with Gasteiger partial charge in [0.25, 0.3) is 11.6 Å². The second-order valence-electron chi connectivity index (χ2n) is 3.89. The summed E-state index contributed by atoms with van der Waals surface area (Å²) in [6.45, 7) is 0. The van der Waals surface area contributed by atoms with Gasteiger partial charge in [-0.25, -0.2) is 5.43 Å². The number of H-pyrrole nitrogens is 1. The average molecular weight is 416 g/mol. The van der Waals surface area contributed by atoms with Crippen molar-refractivity contribution in [3.63, 3.8) is 0 Å². The minimum absolute atomic E-state index is 0.00253. The number of nitrogens with one attached hydrogen (secondary N) is 2. The van der Waals surface area contributed by atoms with Crippen molar-refractivity contribution < 1.29 is 9.72 Å². The average Bonchev–Trinajstić information content (AvgIpc) is 2.79. The van der Waals surface area contributed by atoms with Crippen LogP contribution in [0.25, 0.3) is 0 Å². The Balaban J connectivity index is 1.98. The number of hydrogen-bond donors (Lipinski definition) is 2. The number of halogens is 2. The van der Waals surface area contributed by atoms with Crippen molar-refractivity contribution in [1.29, 1.82) is 0 Å². The molecule has 0 bridgehead atoms. The van der Waals surface area contributed by atoms with Crippen LogP contribution in [0, 0.1) is 10.1 Å². The van der Waals surface area contributed by atoms with Gasteiger partial charge in [0.2, 0.25) is 0 Å².